The SMILES string of the molecule is O=C1[C@@H]2C3c4ccccc4C(C=Nc4cccc(Cl)c4)(c4ccccc43)[C@@H]2C(=O)N1c1ccccc1[N+](=O)[O-]. The number of anilines is 1. The Balaban J connectivity index is 1.51. The molecule has 0 radical (unpaired) electrons. The highest BCUT2D eigenvalue weighted by atomic mass is 35.5. The molecule has 2 atom stereocenters. The van der Waals surface area contributed by atoms with Gasteiger partial charge < -0.3 is 0 Å². The van der Waals surface area contributed by atoms with Crippen LogP contribution in [0.2, 0.25) is 5.02 Å². The molecule has 3 aliphatic carbocycles. The second-order valence-electron chi connectivity index (χ2n) is 10.0. The fourth-order valence-electron chi connectivity index (χ4n) is 6.83. The zero-order valence-electron chi connectivity index (χ0n) is 20.4. The Hall–Kier alpha value is -4.62. The number of imide groups is 1. The second-order valence-corrected chi connectivity index (χ2v) is 10.5. The molecule has 0 N–H and O–H groups in total. The molecule has 1 saturated heterocycles. The fraction of sp³-hybridized carbons (Fsp3) is 0.129. The van der Waals surface area contributed by atoms with Crippen LogP contribution in [0.4, 0.5) is 17.1 Å². The van der Waals surface area contributed by atoms with E-state index in [4.69, 9.17) is 16.6 Å². The summed E-state index contributed by atoms with van der Waals surface area (Å²) in [7, 11) is 0. The first-order valence-corrected chi connectivity index (χ1v) is 12.9. The van der Waals surface area contributed by atoms with E-state index in [1.807, 2.05) is 54.6 Å². The van der Waals surface area contributed by atoms with Crippen LogP contribution in [-0.4, -0.2) is 23.0 Å². The van der Waals surface area contributed by atoms with Crippen LogP contribution in [0.1, 0.15) is 28.2 Å². The predicted octanol–water partition coefficient (Wildman–Crippen LogP) is 6.20. The van der Waals surface area contributed by atoms with E-state index in [0.717, 1.165) is 27.2 Å². The molecular weight excluding hydrogens is 514 g/mol. The summed E-state index contributed by atoms with van der Waals surface area (Å²) in [6.07, 6.45) is 1.78. The fourth-order valence-corrected chi connectivity index (χ4v) is 7.01. The number of nitro benzene ring substituents is 1. The van der Waals surface area contributed by atoms with Crippen molar-refractivity contribution in [3.05, 3.63) is 134 Å². The smallest absolute Gasteiger partial charge is 0.274 e. The Morgan fingerprint density at radius 3 is 2.15 bits per heavy atom. The highest BCUT2D eigenvalue weighted by Crippen LogP contribution is 2.64. The Morgan fingerprint density at radius 2 is 1.49 bits per heavy atom. The standard InChI is InChI=1S/C31H20ClN3O4/c32-18-8-7-9-19(16-18)33-17-31-22-12-3-1-10-20(22)26(21-11-2-4-13-23(21)31)27-28(31)30(37)34(29(27)36)24-14-5-6-15-25(24)35(38)39/h1-17,26-28H/t26?,27-,28+,31?/m1/s1. The normalized spacial score (nSPS) is 24.5. The third-order valence-electron chi connectivity index (χ3n) is 8.23. The van der Waals surface area contributed by atoms with Crippen molar-refractivity contribution >= 4 is 46.7 Å². The molecular formula is C31H20ClN3O4. The highest BCUT2D eigenvalue weighted by molar-refractivity contribution is 6.30. The summed E-state index contributed by atoms with van der Waals surface area (Å²) in [6, 6.07) is 28.7. The summed E-state index contributed by atoms with van der Waals surface area (Å²) in [4.78, 5) is 45.8. The van der Waals surface area contributed by atoms with Crippen molar-refractivity contribution in [1.29, 1.82) is 0 Å². The van der Waals surface area contributed by atoms with Crippen molar-refractivity contribution in [2.45, 2.75) is 11.3 Å². The third kappa shape index (κ3) is 3.14. The molecule has 8 rings (SSSR count). The minimum absolute atomic E-state index is 0.0126. The lowest BCUT2D eigenvalue weighted by molar-refractivity contribution is -0.384. The number of nitrogens with zero attached hydrogens (tertiary/aromatic N) is 3. The Morgan fingerprint density at radius 1 is 0.846 bits per heavy atom. The van der Waals surface area contributed by atoms with Crippen molar-refractivity contribution in [1.82, 2.24) is 0 Å². The van der Waals surface area contributed by atoms with Gasteiger partial charge in [0, 0.05) is 23.2 Å². The first-order valence-electron chi connectivity index (χ1n) is 12.5. The molecule has 0 saturated carbocycles. The summed E-state index contributed by atoms with van der Waals surface area (Å²) in [5, 5.41) is 12.4. The van der Waals surface area contributed by atoms with E-state index >= 15 is 0 Å². The van der Waals surface area contributed by atoms with Crippen molar-refractivity contribution in [2.75, 3.05) is 4.90 Å². The zero-order valence-corrected chi connectivity index (χ0v) is 21.2. The van der Waals surface area contributed by atoms with Gasteiger partial charge in [0.15, 0.2) is 0 Å². The Kier molecular flexibility index (Phi) is 5.09. The van der Waals surface area contributed by atoms with E-state index in [0.29, 0.717) is 10.7 Å². The summed E-state index contributed by atoms with van der Waals surface area (Å²) < 4.78 is 0. The lowest BCUT2D eigenvalue weighted by atomic mass is 9.47. The van der Waals surface area contributed by atoms with E-state index in [2.05, 4.69) is 0 Å². The number of hydrogen-bond donors (Lipinski definition) is 0. The number of para-hydroxylation sites is 2. The average Bonchev–Trinajstić information content (AvgIpc) is 3.22. The number of amides is 2. The van der Waals surface area contributed by atoms with Gasteiger partial charge >= 0.3 is 0 Å². The van der Waals surface area contributed by atoms with Crippen LogP contribution in [0.5, 0.6) is 0 Å². The van der Waals surface area contributed by atoms with Gasteiger partial charge in [0.25, 0.3) is 5.69 Å². The van der Waals surface area contributed by atoms with Crippen LogP contribution < -0.4 is 4.90 Å². The number of benzene rings is 4. The number of carbonyl (C=O) groups is 2. The number of hydrogen-bond acceptors (Lipinski definition) is 5. The molecule has 1 aliphatic heterocycles. The summed E-state index contributed by atoms with van der Waals surface area (Å²) in [5.41, 5.74) is 2.98. The molecule has 0 unspecified atom stereocenters. The van der Waals surface area contributed by atoms with E-state index < -0.39 is 34.0 Å². The number of rotatable bonds is 4. The van der Waals surface area contributed by atoms with Gasteiger partial charge in [-0.3, -0.25) is 24.7 Å². The maximum Gasteiger partial charge on any atom is 0.293 e. The topological polar surface area (TPSA) is 92.9 Å². The van der Waals surface area contributed by atoms with Gasteiger partial charge in [-0.05, 0) is 46.5 Å². The van der Waals surface area contributed by atoms with Crippen molar-refractivity contribution in [2.24, 2.45) is 16.8 Å². The first-order chi connectivity index (χ1) is 18.9. The highest BCUT2D eigenvalue weighted by Gasteiger charge is 2.68. The molecule has 0 spiro atoms. The monoisotopic (exact) mass is 533 g/mol. The van der Waals surface area contributed by atoms with Crippen LogP contribution in [0, 0.1) is 22.0 Å². The molecule has 8 heteroatoms. The number of carbonyl (C=O) groups excluding carboxylic acids is 2. The minimum Gasteiger partial charge on any atom is -0.274 e. The van der Waals surface area contributed by atoms with E-state index in [9.17, 15) is 19.7 Å². The van der Waals surface area contributed by atoms with Crippen LogP contribution in [0.25, 0.3) is 0 Å². The molecule has 4 aliphatic rings. The quantitative estimate of drug-likeness (QED) is 0.135. The van der Waals surface area contributed by atoms with Crippen LogP contribution in [0.15, 0.2) is 102 Å². The lowest BCUT2D eigenvalue weighted by Crippen LogP contribution is -2.54. The lowest BCUT2D eigenvalue weighted by Gasteiger charge is -2.52. The zero-order chi connectivity index (χ0) is 26.9. The Bertz CT molecular complexity index is 1700. The van der Waals surface area contributed by atoms with Crippen molar-refractivity contribution in [3.63, 3.8) is 0 Å². The molecule has 4 aromatic carbocycles. The van der Waals surface area contributed by atoms with Gasteiger partial charge in [0.1, 0.15) is 5.69 Å². The average molecular weight is 534 g/mol. The summed E-state index contributed by atoms with van der Waals surface area (Å²) in [6.45, 7) is 0. The molecule has 2 amide bonds. The maximum atomic E-state index is 14.4. The van der Waals surface area contributed by atoms with Gasteiger partial charge in [-0.25, -0.2) is 4.90 Å². The predicted molar refractivity (Wildman–Crippen MR) is 148 cm³/mol. The first kappa shape index (κ1) is 23.5. The summed E-state index contributed by atoms with van der Waals surface area (Å²) in [5.74, 6) is -2.84. The van der Waals surface area contributed by atoms with Gasteiger partial charge in [-0.2, -0.15) is 0 Å². The third-order valence-corrected chi connectivity index (χ3v) is 8.46. The number of aliphatic imine (C=N–C) groups is 1. The summed E-state index contributed by atoms with van der Waals surface area (Å²) >= 11 is 6.23. The van der Waals surface area contributed by atoms with Crippen LogP contribution in [0.3, 0.4) is 0 Å². The molecule has 39 heavy (non-hydrogen) atoms. The molecule has 0 aromatic heterocycles. The minimum atomic E-state index is -1.07. The van der Waals surface area contributed by atoms with E-state index in [1.165, 1.54) is 18.2 Å². The maximum absolute atomic E-state index is 14.4. The molecule has 1 fully saturated rings. The molecule has 4 aromatic rings. The molecule has 7 nitrogen and oxygen atoms in total. The molecule has 1 heterocycles. The van der Waals surface area contributed by atoms with Gasteiger partial charge in [-0.15, -0.1) is 0 Å². The number of nitro groups is 1. The Labute approximate surface area is 228 Å². The molecule has 190 valence electrons. The van der Waals surface area contributed by atoms with Crippen LogP contribution >= 0.6 is 11.6 Å². The van der Waals surface area contributed by atoms with Crippen LogP contribution in [-0.2, 0) is 15.0 Å². The van der Waals surface area contributed by atoms with Gasteiger partial charge in [0.05, 0.1) is 27.9 Å². The van der Waals surface area contributed by atoms with E-state index in [1.54, 1.807) is 30.5 Å². The van der Waals surface area contributed by atoms with Crippen molar-refractivity contribution in [3.8, 4) is 0 Å². The number of halogens is 1. The van der Waals surface area contributed by atoms with E-state index in [-0.39, 0.29) is 17.3 Å². The molecule has 2 bridgehead atoms. The van der Waals surface area contributed by atoms with Gasteiger partial charge in [0.2, 0.25) is 11.8 Å². The second kappa shape index (κ2) is 8.44. The van der Waals surface area contributed by atoms with Gasteiger partial charge in [-0.1, -0.05) is 78.3 Å². The largest absolute Gasteiger partial charge is 0.293 e. The van der Waals surface area contributed by atoms with Crippen molar-refractivity contribution < 1.29 is 14.5 Å².